The summed E-state index contributed by atoms with van der Waals surface area (Å²) in [5.74, 6) is 0.348. The van der Waals surface area contributed by atoms with E-state index in [2.05, 4.69) is 15.5 Å². The molecule has 1 amide bonds. The van der Waals surface area contributed by atoms with Crippen LogP contribution in [0, 0.1) is 6.92 Å². The average molecular weight is 293 g/mol. The number of nitrogens with zero attached hydrogens (tertiary/aromatic N) is 2. The first kappa shape index (κ1) is 14.0. The Morgan fingerprint density at radius 3 is 2.55 bits per heavy atom. The minimum Gasteiger partial charge on any atom is -0.360 e. The maximum absolute atomic E-state index is 12.7. The fraction of sp³-hybridized carbons (Fsp3) is 0.118. The number of anilines is 1. The van der Waals surface area contributed by atoms with E-state index >= 15 is 0 Å². The van der Waals surface area contributed by atoms with Gasteiger partial charge in [-0.05, 0) is 24.6 Å². The number of hydrogen-bond acceptors (Lipinski definition) is 4. The standard InChI is InChI=1S/C17H15N3O2/c1-12-11-15(20-22-12)19-17(21)16(13-7-3-2-4-8-13)14-9-5-6-10-18-14/h2-11,16H,1H3,(H,19,20,21). The summed E-state index contributed by atoms with van der Waals surface area (Å²) in [7, 11) is 0. The minimum absolute atomic E-state index is 0.196. The van der Waals surface area contributed by atoms with Crippen LogP contribution in [0.25, 0.3) is 0 Å². The molecule has 0 saturated carbocycles. The molecule has 1 unspecified atom stereocenters. The van der Waals surface area contributed by atoms with Gasteiger partial charge in [-0.15, -0.1) is 0 Å². The van der Waals surface area contributed by atoms with E-state index in [0.717, 1.165) is 5.56 Å². The number of pyridine rings is 1. The summed E-state index contributed by atoms with van der Waals surface area (Å²) in [6.45, 7) is 1.77. The fourth-order valence-electron chi connectivity index (χ4n) is 2.27. The Morgan fingerprint density at radius 1 is 1.14 bits per heavy atom. The highest BCUT2D eigenvalue weighted by Gasteiger charge is 2.24. The molecule has 0 radical (unpaired) electrons. The van der Waals surface area contributed by atoms with Crippen molar-refractivity contribution in [2.24, 2.45) is 0 Å². The van der Waals surface area contributed by atoms with E-state index in [-0.39, 0.29) is 5.91 Å². The van der Waals surface area contributed by atoms with Crippen LogP contribution >= 0.6 is 0 Å². The van der Waals surface area contributed by atoms with Gasteiger partial charge in [0, 0.05) is 12.3 Å². The van der Waals surface area contributed by atoms with Crippen LogP contribution < -0.4 is 5.32 Å². The van der Waals surface area contributed by atoms with Crippen LogP contribution in [0.3, 0.4) is 0 Å². The molecule has 1 aromatic carbocycles. The molecule has 0 aliphatic carbocycles. The van der Waals surface area contributed by atoms with Gasteiger partial charge in [0.05, 0.1) is 5.69 Å². The van der Waals surface area contributed by atoms with Crippen LogP contribution in [0.15, 0.2) is 65.3 Å². The summed E-state index contributed by atoms with van der Waals surface area (Å²) in [5.41, 5.74) is 1.56. The highest BCUT2D eigenvalue weighted by Crippen LogP contribution is 2.24. The van der Waals surface area contributed by atoms with E-state index in [1.54, 1.807) is 19.2 Å². The molecule has 0 fully saturated rings. The third-order valence-corrected chi connectivity index (χ3v) is 3.26. The van der Waals surface area contributed by atoms with E-state index in [4.69, 9.17) is 4.52 Å². The molecule has 0 spiro atoms. The van der Waals surface area contributed by atoms with Crippen molar-refractivity contribution in [3.05, 3.63) is 77.8 Å². The second-order valence-electron chi connectivity index (χ2n) is 4.91. The van der Waals surface area contributed by atoms with Crippen molar-refractivity contribution < 1.29 is 9.32 Å². The van der Waals surface area contributed by atoms with Gasteiger partial charge in [0.2, 0.25) is 5.91 Å². The average Bonchev–Trinajstić information content (AvgIpc) is 2.95. The third kappa shape index (κ3) is 3.03. The number of benzene rings is 1. The third-order valence-electron chi connectivity index (χ3n) is 3.26. The Kier molecular flexibility index (Phi) is 3.96. The van der Waals surface area contributed by atoms with Crippen LogP contribution in [0.5, 0.6) is 0 Å². The van der Waals surface area contributed by atoms with Crippen LogP contribution in [0.1, 0.15) is 22.9 Å². The molecule has 1 atom stereocenters. The quantitative estimate of drug-likeness (QED) is 0.802. The molecular formula is C17H15N3O2. The fourth-order valence-corrected chi connectivity index (χ4v) is 2.27. The summed E-state index contributed by atoms with van der Waals surface area (Å²) in [5, 5.41) is 6.57. The predicted molar refractivity (Wildman–Crippen MR) is 82.4 cm³/mol. The lowest BCUT2D eigenvalue weighted by molar-refractivity contribution is -0.116. The Bertz CT molecular complexity index is 714. The van der Waals surface area contributed by atoms with Crippen molar-refractivity contribution in [3.8, 4) is 0 Å². The highest BCUT2D eigenvalue weighted by atomic mass is 16.5. The molecule has 5 heteroatoms. The smallest absolute Gasteiger partial charge is 0.239 e. The van der Waals surface area contributed by atoms with Crippen LogP contribution in [0.2, 0.25) is 0 Å². The maximum Gasteiger partial charge on any atom is 0.239 e. The van der Waals surface area contributed by atoms with Crippen molar-refractivity contribution in [1.29, 1.82) is 0 Å². The molecule has 0 aliphatic rings. The van der Waals surface area contributed by atoms with Crippen molar-refractivity contribution in [1.82, 2.24) is 10.1 Å². The van der Waals surface area contributed by atoms with Gasteiger partial charge < -0.3 is 9.84 Å². The van der Waals surface area contributed by atoms with E-state index in [0.29, 0.717) is 17.3 Å². The van der Waals surface area contributed by atoms with Gasteiger partial charge in [-0.3, -0.25) is 9.78 Å². The summed E-state index contributed by atoms with van der Waals surface area (Å²) in [4.78, 5) is 17.0. The predicted octanol–water partition coefficient (Wildman–Crippen LogP) is 3.15. The van der Waals surface area contributed by atoms with Crippen molar-refractivity contribution in [2.75, 3.05) is 5.32 Å². The maximum atomic E-state index is 12.7. The summed E-state index contributed by atoms with van der Waals surface area (Å²) in [6, 6.07) is 16.7. The molecule has 110 valence electrons. The molecule has 0 bridgehead atoms. The first-order valence-electron chi connectivity index (χ1n) is 6.94. The number of aromatic nitrogens is 2. The Balaban J connectivity index is 1.93. The van der Waals surface area contributed by atoms with Gasteiger partial charge in [0.15, 0.2) is 5.82 Å². The van der Waals surface area contributed by atoms with Gasteiger partial charge in [0.1, 0.15) is 11.7 Å². The number of nitrogens with one attached hydrogen (secondary N) is 1. The molecule has 0 aliphatic heterocycles. The number of amides is 1. The zero-order chi connectivity index (χ0) is 15.4. The largest absolute Gasteiger partial charge is 0.360 e. The second-order valence-corrected chi connectivity index (χ2v) is 4.91. The summed E-state index contributed by atoms with van der Waals surface area (Å²) < 4.78 is 4.98. The van der Waals surface area contributed by atoms with Gasteiger partial charge >= 0.3 is 0 Å². The lowest BCUT2D eigenvalue weighted by atomic mass is 9.94. The van der Waals surface area contributed by atoms with Crippen molar-refractivity contribution in [3.63, 3.8) is 0 Å². The summed E-state index contributed by atoms with van der Waals surface area (Å²) >= 11 is 0. The number of carbonyl (C=O) groups excluding carboxylic acids is 1. The molecule has 3 rings (SSSR count). The van der Waals surface area contributed by atoms with Crippen LogP contribution in [0.4, 0.5) is 5.82 Å². The summed E-state index contributed by atoms with van der Waals surface area (Å²) in [6.07, 6.45) is 1.68. The van der Waals surface area contributed by atoms with E-state index in [1.807, 2.05) is 48.5 Å². The SMILES string of the molecule is Cc1cc(NC(=O)C(c2ccccc2)c2ccccn2)no1. The second kappa shape index (κ2) is 6.22. The number of carbonyl (C=O) groups is 1. The Hall–Kier alpha value is -2.95. The Labute approximate surface area is 128 Å². The minimum atomic E-state index is -0.501. The lowest BCUT2D eigenvalue weighted by Gasteiger charge is -2.15. The van der Waals surface area contributed by atoms with Gasteiger partial charge in [-0.1, -0.05) is 41.6 Å². The van der Waals surface area contributed by atoms with Gasteiger partial charge in [0.25, 0.3) is 0 Å². The zero-order valence-corrected chi connectivity index (χ0v) is 12.1. The van der Waals surface area contributed by atoms with Crippen molar-refractivity contribution in [2.45, 2.75) is 12.8 Å². The molecule has 0 saturated heterocycles. The zero-order valence-electron chi connectivity index (χ0n) is 12.1. The number of hydrogen-bond donors (Lipinski definition) is 1. The molecule has 1 N–H and O–H groups in total. The molecule has 5 nitrogen and oxygen atoms in total. The van der Waals surface area contributed by atoms with Gasteiger partial charge in [-0.2, -0.15) is 0 Å². The number of rotatable bonds is 4. The molecule has 3 aromatic rings. The van der Waals surface area contributed by atoms with Gasteiger partial charge in [-0.25, -0.2) is 0 Å². The monoisotopic (exact) mass is 293 g/mol. The Morgan fingerprint density at radius 2 is 1.91 bits per heavy atom. The van der Waals surface area contributed by atoms with E-state index in [9.17, 15) is 4.79 Å². The van der Waals surface area contributed by atoms with E-state index in [1.165, 1.54) is 0 Å². The number of aryl methyl sites for hydroxylation is 1. The van der Waals surface area contributed by atoms with E-state index < -0.39 is 5.92 Å². The normalized spacial score (nSPS) is 11.9. The molecule has 2 heterocycles. The van der Waals surface area contributed by atoms with Crippen LogP contribution in [-0.2, 0) is 4.79 Å². The molecular weight excluding hydrogens is 278 g/mol. The first-order valence-corrected chi connectivity index (χ1v) is 6.94. The topological polar surface area (TPSA) is 68.0 Å². The molecule has 22 heavy (non-hydrogen) atoms. The molecule has 2 aromatic heterocycles. The first-order chi connectivity index (χ1) is 10.7. The van der Waals surface area contributed by atoms with Crippen LogP contribution in [-0.4, -0.2) is 16.0 Å². The highest BCUT2D eigenvalue weighted by molar-refractivity contribution is 5.97. The van der Waals surface area contributed by atoms with Crippen molar-refractivity contribution >= 4 is 11.7 Å². The lowest BCUT2D eigenvalue weighted by Crippen LogP contribution is -2.23.